The molecule has 1 heterocycles. The van der Waals surface area contributed by atoms with Crippen LogP contribution in [0.25, 0.3) is 0 Å². The molecule has 1 aromatic rings. The normalized spacial score (nSPS) is 11.3. The SMILES string of the molecule is COCCc1c(CN)nnn1CCC(C)C. The van der Waals surface area contributed by atoms with Gasteiger partial charge in [-0.05, 0) is 12.3 Å². The third-order valence-corrected chi connectivity index (χ3v) is 2.57. The number of ether oxygens (including phenoxy) is 1. The summed E-state index contributed by atoms with van der Waals surface area (Å²) in [5.74, 6) is 0.667. The van der Waals surface area contributed by atoms with E-state index in [1.807, 2.05) is 4.68 Å². The summed E-state index contributed by atoms with van der Waals surface area (Å²) in [6, 6.07) is 0. The first-order valence-electron chi connectivity index (χ1n) is 5.79. The van der Waals surface area contributed by atoms with Gasteiger partial charge < -0.3 is 10.5 Å². The third kappa shape index (κ3) is 3.57. The Hall–Kier alpha value is -0.940. The highest BCUT2D eigenvalue weighted by molar-refractivity contribution is 5.10. The Morgan fingerprint density at radius 3 is 2.75 bits per heavy atom. The van der Waals surface area contributed by atoms with Crippen LogP contribution in [0.4, 0.5) is 0 Å². The van der Waals surface area contributed by atoms with Crippen molar-refractivity contribution in [2.75, 3.05) is 13.7 Å². The largest absolute Gasteiger partial charge is 0.384 e. The van der Waals surface area contributed by atoms with E-state index in [0.717, 1.165) is 30.8 Å². The fraction of sp³-hybridized carbons (Fsp3) is 0.818. The fourth-order valence-corrected chi connectivity index (χ4v) is 1.56. The van der Waals surface area contributed by atoms with Crippen molar-refractivity contribution in [3.05, 3.63) is 11.4 Å². The van der Waals surface area contributed by atoms with Crippen LogP contribution < -0.4 is 5.73 Å². The zero-order chi connectivity index (χ0) is 12.0. The molecular formula is C11H22N4O. The van der Waals surface area contributed by atoms with Crippen LogP contribution in [0.2, 0.25) is 0 Å². The van der Waals surface area contributed by atoms with Crippen molar-refractivity contribution in [1.29, 1.82) is 0 Å². The lowest BCUT2D eigenvalue weighted by molar-refractivity contribution is 0.199. The first kappa shape index (κ1) is 13.1. The molecule has 1 rings (SSSR count). The van der Waals surface area contributed by atoms with Crippen molar-refractivity contribution in [3.63, 3.8) is 0 Å². The predicted molar refractivity (Wildman–Crippen MR) is 62.9 cm³/mol. The molecule has 0 atom stereocenters. The highest BCUT2D eigenvalue weighted by Crippen LogP contribution is 2.09. The molecule has 0 saturated heterocycles. The maximum atomic E-state index is 5.64. The first-order valence-corrected chi connectivity index (χ1v) is 5.79. The van der Waals surface area contributed by atoms with Crippen molar-refractivity contribution >= 4 is 0 Å². The summed E-state index contributed by atoms with van der Waals surface area (Å²) in [7, 11) is 1.70. The van der Waals surface area contributed by atoms with Crippen LogP contribution >= 0.6 is 0 Å². The average molecular weight is 226 g/mol. The third-order valence-electron chi connectivity index (χ3n) is 2.57. The quantitative estimate of drug-likeness (QED) is 0.752. The van der Waals surface area contributed by atoms with Crippen LogP contribution in [-0.2, 0) is 24.2 Å². The molecule has 0 spiro atoms. The van der Waals surface area contributed by atoms with Gasteiger partial charge in [0.1, 0.15) is 0 Å². The molecule has 5 nitrogen and oxygen atoms in total. The molecule has 0 fully saturated rings. The van der Waals surface area contributed by atoms with Crippen LogP contribution in [0.3, 0.4) is 0 Å². The standard InChI is InChI=1S/C11H22N4O/c1-9(2)4-6-15-11(5-7-16-3)10(8-12)13-14-15/h9H,4-8,12H2,1-3H3. The molecule has 0 radical (unpaired) electrons. The molecule has 0 aliphatic carbocycles. The second-order valence-electron chi connectivity index (χ2n) is 4.34. The van der Waals surface area contributed by atoms with E-state index in [2.05, 4.69) is 24.2 Å². The Labute approximate surface area is 97.0 Å². The lowest BCUT2D eigenvalue weighted by Gasteiger charge is -2.08. The topological polar surface area (TPSA) is 66.0 Å². The number of rotatable bonds is 7. The van der Waals surface area contributed by atoms with Gasteiger partial charge in [0.25, 0.3) is 0 Å². The van der Waals surface area contributed by atoms with Gasteiger partial charge in [0.05, 0.1) is 18.0 Å². The monoisotopic (exact) mass is 226 g/mol. The molecule has 0 unspecified atom stereocenters. The van der Waals surface area contributed by atoms with Gasteiger partial charge in [-0.15, -0.1) is 5.10 Å². The van der Waals surface area contributed by atoms with Crippen LogP contribution in [0.1, 0.15) is 31.7 Å². The molecule has 0 aliphatic heterocycles. The van der Waals surface area contributed by atoms with E-state index in [4.69, 9.17) is 10.5 Å². The molecule has 16 heavy (non-hydrogen) atoms. The second-order valence-corrected chi connectivity index (χ2v) is 4.34. The van der Waals surface area contributed by atoms with Gasteiger partial charge in [-0.1, -0.05) is 19.1 Å². The number of nitrogens with two attached hydrogens (primary N) is 1. The summed E-state index contributed by atoms with van der Waals surface area (Å²) < 4.78 is 7.05. The Kier molecular flexibility index (Phi) is 5.42. The average Bonchev–Trinajstić information content (AvgIpc) is 2.65. The number of methoxy groups -OCH3 is 1. The second kappa shape index (κ2) is 6.60. The van der Waals surface area contributed by atoms with Gasteiger partial charge in [-0.25, -0.2) is 4.68 Å². The first-order chi connectivity index (χ1) is 7.69. The molecule has 92 valence electrons. The zero-order valence-corrected chi connectivity index (χ0v) is 10.4. The summed E-state index contributed by atoms with van der Waals surface area (Å²) >= 11 is 0. The summed E-state index contributed by atoms with van der Waals surface area (Å²) in [6.45, 7) is 6.44. The smallest absolute Gasteiger partial charge is 0.0995 e. The van der Waals surface area contributed by atoms with Crippen LogP contribution in [0.5, 0.6) is 0 Å². The maximum Gasteiger partial charge on any atom is 0.0995 e. The van der Waals surface area contributed by atoms with E-state index in [1.54, 1.807) is 7.11 Å². The molecule has 0 amide bonds. The van der Waals surface area contributed by atoms with E-state index in [0.29, 0.717) is 19.1 Å². The van der Waals surface area contributed by atoms with Crippen molar-refractivity contribution in [3.8, 4) is 0 Å². The molecule has 0 aromatic carbocycles. The van der Waals surface area contributed by atoms with Gasteiger partial charge in [0, 0.05) is 26.6 Å². The minimum absolute atomic E-state index is 0.445. The van der Waals surface area contributed by atoms with Crippen molar-refractivity contribution in [2.45, 2.75) is 39.8 Å². The Bertz CT molecular complexity index is 309. The van der Waals surface area contributed by atoms with Gasteiger partial charge in [0.15, 0.2) is 0 Å². The maximum absolute atomic E-state index is 5.64. The van der Waals surface area contributed by atoms with Gasteiger partial charge in [-0.3, -0.25) is 0 Å². The molecule has 0 aliphatic rings. The lowest BCUT2D eigenvalue weighted by Crippen LogP contribution is -2.11. The Balaban J connectivity index is 2.70. The lowest BCUT2D eigenvalue weighted by atomic mass is 10.1. The van der Waals surface area contributed by atoms with Crippen molar-refractivity contribution in [2.24, 2.45) is 11.7 Å². The number of hydrogen-bond donors (Lipinski definition) is 1. The molecular weight excluding hydrogens is 204 g/mol. The van der Waals surface area contributed by atoms with Crippen LogP contribution in [-0.4, -0.2) is 28.7 Å². The Morgan fingerprint density at radius 1 is 1.44 bits per heavy atom. The van der Waals surface area contributed by atoms with Gasteiger partial charge >= 0.3 is 0 Å². The summed E-state index contributed by atoms with van der Waals surface area (Å²) in [5.41, 5.74) is 7.64. The Morgan fingerprint density at radius 2 is 2.19 bits per heavy atom. The van der Waals surface area contributed by atoms with E-state index in [-0.39, 0.29) is 0 Å². The van der Waals surface area contributed by atoms with Crippen molar-refractivity contribution in [1.82, 2.24) is 15.0 Å². The van der Waals surface area contributed by atoms with Crippen LogP contribution in [0.15, 0.2) is 0 Å². The van der Waals surface area contributed by atoms with E-state index < -0.39 is 0 Å². The summed E-state index contributed by atoms with van der Waals surface area (Å²) in [6.07, 6.45) is 1.93. The molecule has 2 N–H and O–H groups in total. The highest BCUT2D eigenvalue weighted by Gasteiger charge is 2.11. The minimum Gasteiger partial charge on any atom is -0.384 e. The van der Waals surface area contributed by atoms with Crippen LogP contribution in [0, 0.1) is 5.92 Å². The fourth-order valence-electron chi connectivity index (χ4n) is 1.56. The van der Waals surface area contributed by atoms with Crippen molar-refractivity contribution < 1.29 is 4.74 Å². The van der Waals surface area contributed by atoms with E-state index in [9.17, 15) is 0 Å². The molecule has 5 heteroatoms. The van der Waals surface area contributed by atoms with E-state index >= 15 is 0 Å². The predicted octanol–water partition coefficient (Wildman–Crippen LogP) is 0.972. The highest BCUT2D eigenvalue weighted by atomic mass is 16.5. The van der Waals surface area contributed by atoms with E-state index in [1.165, 1.54) is 0 Å². The van der Waals surface area contributed by atoms with Gasteiger partial charge in [0.2, 0.25) is 0 Å². The number of aryl methyl sites for hydroxylation is 1. The summed E-state index contributed by atoms with van der Waals surface area (Å²) in [4.78, 5) is 0. The minimum atomic E-state index is 0.445. The summed E-state index contributed by atoms with van der Waals surface area (Å²) in [5, 5.41) is 8.24. The molecule has 1 aromatic heterocycles. The molecule has 0 saturated carbocycles. The number of hydrogen-bond acceptors (Lipinski definition) is 4. The zero-order valence-electron chi connectivity index (χ0n) is 10.4. The number of aromatic nitrogens is 3. The van der Waals surface area contributed by atoms with Gasteiger partial charge in [-0.2, -0.15) is 0 Å². The molecule has 0 bridgehead atoms. The number of nitrogens with zero attached hydrogens (tertiary/aromatic N) is 3.